The van der Waals surface area contributed by atoms with Gasteiger partial charge in [-0.15, -0.1) is 0 Å². The number of halogens is 2. The zero-order valence-corrected chi connectivity index (χ0v) is 11.7. The molecule has 0 saturated heterocycles. The van der Waals surface area contributed by atoms with Crippen LogP contribution in [0.4, 0.5) is 0 Å². The van der Waals surface area contributed by atoms with E-state index in [0.29, 0.717) is 16.0 Å². The summed E-state index contributed by atoms with van der Waals surface area (Å²) in [5.74, 6) is 0.775. The van der Waals surface area contributed by atoms with Crippen LogP contribution in [0.2, 0.25) is 10.0 Å². The Morgan fingerprint density at radius 2 is 1.94 bits per heavy atom. The Labute approximate surface area is 113 Å². The van der Waals surface area contributed by atoms with E-state index in [1.807, 2.05) is 6.07 Å². The Kier molecular flexibility index (Phi) is 3.72. The zero-order valence-electron chi connectivity index (χ0n) is 10.2. The minimum absolute atomic E-state index is 0.244. The van der Waals surface area contributed by atoms with Crippen molar-refractivity contribution in [3.05, 3.63) is 33.8 Å². The standard InChI is InChI=1S/C14H18Cl2O/c1-9-4-3-7-14(17,10(9)2)11-5-6-12(15)13(16)8-11/h5-6,8-10,17H,3-4,7H2,1-2H3. The Morgan fingerprint density at radius 1 is 1.24 bits per heavy atom. The van der Waals surface area contributed by atoms with Crippen molar-refractivity contribution in [2.45, 2.75) is 38.7 Å². The first kappa shape index (κ1) is 13.2. The van der Waals surface area contributed by atoms with Crippen LogP contribution in [0.15, 0.2) is 18.2 Å². The molecule has 1 nitrogen and oxygen atoms in total. The van der Waals surface area contributed by atoms with Crippen LogP contribution in [0.25, 0.3) is 0 Å². The summed E-state index contributed by atoms with van der Waals surface area (Å²) in [6.45, 7) is 4.32. The van der Waals surface area contributed by atoms with Crippen LogP contribution in [0.1, 0.15) is 38.7 Å². The highest BCUT2D eigenvalue weighted by Gasteiger charge is 2.41. The molecule has 1 aliphatic carbocycles. The first-order chi connectivity index (χ1) is 7.95. The predicted octanol–water partition coefficient (Wildman–Crippen LogP) is 4.64. The Morgan fingerprint density at radius 3 is 2.59 bits per heavy atom. The van der Waals surface area contributed by atoms with E-state index in [4.69, 9.17) is 23.2 Å². The molecule has 0 heterocycles. The molecule has 2 rings (SSSR count). The molecule has 3 atom stereocenters. The van der Waals surface area contributed by atoms with Gasteiger partial charge < -0.3 is 5.11 Å². The average molecular weight is 273 g/mol. The van der Waals surface area contributed by atoms with Gasteiger partial charge in [0, 0.05) is 0 Å². The number of rotatable bonds is 1. The van der Waals surface area contributed by atoms with Gasteiger partial charge in [-0.25, -0.2) is 0 Å². The van der Waals surface area contributed by atoms with Crippen molar-refractivity contribution in [2.75, 3.05) is 0 Å². The molecule has 1 fully saturated rings. The molecule has 1 aromatic carbocycles. The first-order valence-electron chi connectivity index (χ1n) is 6.13. The van der Waals surface area contributed by atoms with Crippen LogP contribution in [0.3, 0.4) is 0 Å². The highest BCUT2D eigenvalue weighted by molar-refractivity contribution is 6.42. The summed E-state index contributed by atoms with van der Waals surface area (Å²) >= 11 is 12.0. The van der Waals surface area contributed by atoms with Crippen molar-refractivity contribution in [2.24, 2.45) is 11.8 Å². The lowest BCUT2D eigenvalue weighted by atomic mass is 9.67. The summed E-state index contributed by atoms with van der Waals surface area (Å²) in [5, 5.41) is 11.9. The molecule has 94 valence electrons. The summed E-state index contributed by atoms with van der Waals surface area (Å²) in [6, 6.07) is 5.46. The molecule has 1 aromatic rings. The quantitative estimate of drug-likeness (QED) is 0.790. The van der Waals surface area contributed by atoms with Gasteiger partial charge in [0.2, 0.25) is 0 Å². The van der Waals surface area contributed by atoms with Gasteiger partial charge >= 0.3 is 0 Å². The first-order valence-corrected chi connectivity index (χ1v) is 6.88. The number of aliphatic hydroxyl groups is 1. The summed E-state index contributed by atoms with van der Waals surface area (Å²) in [7, 11) is 0. The predicted molar refractivity (Wildman–Crippen MR) is 72.5 cm³/mol. The zero-order chi connectivity index (χ0) is 12.6. The lowest BCUT2D eigenvalue weighted by Crippen LogP contribution is -2.40. The summed E-state index contributed by atoms with van der Waals surface area (Å²) in [4.78, 5) is 0. The van der Waals surface area contributed by atoms with Gasteiger partial charge in [0.05, 0.1) is 15.6 Å². The molecule has 0 aliphatic heterocycles. The fourth-order valence-corrected chi connectivity index (χ4v) is 3.11. The maximum atomic E-state index is 10.9. The normalized spacial score (nSPS) is 33.7. The van der Waals surface area contributed by atoms with Crippen LogP contribution < -0.4 is 0 Å². The van der Waals surface area contributed by atoms with Crippen LogP contribution in [0.5, 0.6) is 0 Å². The molecular formula is C14H18Cl2O. The van der Waals surface area contributed by atoms with Crippen molar-refractivity contribution >= 4 is 23.2 Å². The van der Waals surface area contributed by atoms with E-state index >= 15 is 0 Å². The molecule has 0 bridgehead atoms. The van der Waals surface area contributed by atoms with Gasteiger partial charge in [0.25, 0.3) is 0 Å². The molecule has 1 N–H and O–H groups in total. The maximum absolute atomic E-state index is 10.9. The summed E-state index contributed by atoms with van der Waals surface area (Å²) < 4.78 is 0. The second kappa shape index (κ2) is 4.79. The largest absolute Gasteiger partial charge is 0.385 e. The van der Waals surface area contributed by atoms with E-state index in [-0.39, 0.29) is 5.92 Å². The fraction of sp³-hybridized carbons (Fsp3) is 0.571. The van der Waals surface area contributed by atoms with E-state index in [2.05, 4.69) is 13.8 Å². The van der Waals surface area contributed by atoms with Crippen LogP contribution >= 0.6 is 23.2 Å². The van der Waals surface area contributed by atoms with Gasteiger partial charge in [0.15, 0.2) is 0 Å². The number of hydrogen-bond acceptors (Lipinski definition) is 1. The Balaban J connectivity index is 2.39. The minimum atomic E-state index is -0.758. The Hall–Kier alpha value is -0.240. The lowest BCUT2D eigenvalue weighted by Gasteiger charge is -2.42. The van der Waals surface area contributed by atoms with Crippen LogP contribution in [0, 0.1) is 11.8 Å². The minimum Gasteiger partial charge on any atom is -0.385 e. The lowest BCUT2D eigenvalue weighted by molar-refractivity contribution is -0.0688. The second-order valence-electron chi connectivity index (χ2n) is 5.21. The van der Waals surface area contributed by atoms with Crippen molar-refractivity contribution < 1.29 is 5.11 Å². The van der Waals surface area contributed by atoms with E-state index in [1.165, 1.54) is 6.42 Å². The van der Waals surface area contributed by atoms with E-state index in [1.54, 1.807) is 12.1 Å². The third kappa shape index (κ3) is 2.33. The molecule has 3 heteroatoms. The summed E-state index contributed by atoms with van der Waals surface area (Å²) in [6.07, 6.45) is 3.05. The van der Waals surface area contributed by atoms with Crippen LogP contribution in [-0.4, -0.2) is 5.11 Å². The highest BCUT2D eigenvalue weighted by atomic mass is 35.5. The third-order valence-electron chi connectivity index (χ3n) is 4.24. The smallest absolute Gasteiger partial charge is 0.0925 e. The van der Waals surface area contributed by atoms with Crippen molar-refractivity contribution in [1.29, 1.82) is 0 Å². The van der Waals surface area contributed by atoms with E-state index in [0.717, 1.165) is 18.4 Å². The number of hydrogen-bond donors (Lipinski definition) is 1. The second-order valence-corrected chi connectivity index (χ2v) is 6.03. The van der Waals surface area contributed by atoms with Gasteiger partial charge in [-0.1, -0.05) is 49.5 Å². The van der Waals surface area contributed by atoms with E-state index in [9.17, 15) is 5.11 Å². The topological polar surface area (TPSA) is 20.2 Å². The molecule has 0 aromatic heterocycles. The SMILES string of the molecule is CC1CCCC(O)(c2ccc(Cl)c(Cl)c2)C1C. The van der Waals surface area contributed by atoms with Crippen molar-refractivity contribution in [1.82, 2.24) is 0 Å². The van der Waals surface area contributed by atoms with E-state index < -0.39 is 5.60 Å². The molecule has 1 aliphatic rings. The molecule has 17 heavy (non-hydrogen) atoms. The van der Waals surface area contributed by atoms with Crippen LogP contribution in [-0.2, 0) is 5.60 Å². The highest BCUT2D eigenvalue weighted by Crippen LogP contribution is 2.45. The number of benzene rings is 1. The third-order valence-corrected chi connectivity index (χ3v) is 4.98. The maximum Gasteiger partial charge on any atom is 0.0925 e. The Bertz CT molecular complexity index is 419. The molecule has 3 unspecified atom stereocenters. The molecule has 0 radical (unpaired) electrons. The molecule has 0 amide bonds. The van der Waals surface area contributed by atoms with Crippen molar-refractivity contribution in [3.63, 3.8) is 0 Å². The molecular weight excluding hydrogens is 255 g/mol. The van der Waals surface area contributed by atoms with Gasteiger partial charge in [-0.05, 0) is 42.4 Å². The van der Waals surface area contributed by atoms with Gasteiger partial charge in [-0.2, -0.15) is 0 Å². The average Bonchev–Trinajstić information content (AvgIpc) is 2.29. The fourth-order valence-electron chi connectivity index (χ4n) is 2.81. The van der Waals surface area contributed by atoms with Gasteiger partial charge in [-0.3, -0.25) is 0 Å². The monoisotopic (exact) mass is 272 g/mol. The van der Waals surface area contributed by atoms with Gasteiger partial charge in [0.1, 0.15) is 0 Å². The molecule has 0 spiro atoms. The molecule has 1 saturated carbocycles. The summed E-state index contributed by atoms with van der Waals surface area (Å²) in [5.41, 5.74) is 0.136. The van der Waals surface area contributed by atoms with Crippen molar-refractivity contribution in [3.8, 4) is 0 Å².